The Morgan fingerprint density at radius 2 is 2.10 bits per heavy atom. The molecule has 4 heteroatoms. The molecule has 2 aromatic rings. The fraction of sp³-hybridized carbons (Fsp3) is 0.250. The molecular weight excluding hydrogens is 252 g/mol. The number of carbonyl (C=O) groups is 1. The first-order chi connectivity index (χ1) is 9.75. The van der Waals surface area contributed by atoms with Crippen molar-refractivity contribution in [2.24, 2.45) is 0 Å². The highest BCUT2D eigenvalue weighted by molar-refractivity contribution is 5.98. The highest BCUT2D eigenvalue weighted by Gasteiger charge is 2.19. The summed E-state index contributed by atoms with van der Waals surface area (Å²) in [4.78, 5) is 18.2. The van der Waals surface area contributed by atoms with Crippen molar-refractivity contribution in [3.8, 4) is 5.75 Å². The molecule has 102 valence electrons. The second kappa shape index (κ2) is 5.33. The van der Waals surface area contributed by atoms with Crippen molar-refractivity contribution in [3.63, 3.8) is 0 Å². The Labute approximate surface area is 118 Å². The van der Waals surface area contributed by atoms with Crippen molar-refractivity contribution in [1.82, 2.24) is 4.98 Å². The topological polar surface area (TPSA) is 42.4 Å². The summed E-state index contributed by atoms with van der Waals surface area (Å²) in [6, 6.07) is 11.6. The molecule has 1 aromatic heterocycles. The zero-order valence-electron chi connectivity index (χ0n) is 11.4. The molecule has 1 aromatic carbocycles. The van der Waals surface area contributed by atoms with Gasteiger partial charge in [0.15, 0.2) is 5.78 Å². The molecule has 3 rings (SSSR count). The third-order valence-electron chi connectivity index (χ3n) is 3.42. The molecule has 1 aliphatic rings. The van der Waals surface area contributed by atoms with Crippen LogP contribution in [0.15, 0.2) is 42.6 Å². The van der Waals surface area contributed by atoms with E-state index in [9.17, 15) is 4.79 Å². The van der Waals surface area contributed by atoms with E-state index in [0.717, 1.165) is 17.1 Å². The zero-order valence-corrected chi connectivity index (χ0v) is 11.4. The molecule has 0 atom stereocenters. The Hall–Kier alpha value is -2.36. The standard InChI is InChI=1S/C16H16N2O2/c1-12(19)14-6-4-8-17-16(14)18-9-10-20-15-7-3-2-5-13(15)11-18/h2-8H,9-11H2,1H3. The van der Waals surface area contributed by atoms with E-state index < -0.39 is 0 Å². The molecule has 0 spiro atoms. The lowest BCUT2D eigenvalue weighted by Crippen LogP contribution is -2.27. The third-order valence-corrected chi connectivity index (χ3v) is 3.42. The number of aromatic nitrogens is 1. The van der Waals surface area contributed by atoms with Crippen LogP contribution in [0, 0.1) is 0 Å². The number of para-hydroxylation sites is 1. The van der Waals surface area contributed by atoms with E-state index in [4.69, 9.17) is 4.74 Å². The summed E-state index contributed by atoms with van der Waals surface area (Å²) in [6.07, 6.45) is 1.72. The monoisotopic (exact) mass is 268 g/mol. The number of nitrogens with zero attached hydrogens (tertiary/aromatic N) is 2. The van der Waals surface area contributed by atoms with Crippen LogP contribution in [-0.2, 0) is 6.54 Å². The number of hydrogen-bond acceptors (Lipinski definition) is 4. The highest BCUT2D eigenvalue weighted by atomic mass is 16.5. The molecule has 0 amide bonds. The number of rotatable bonds is 2. The van der Waals surface area contributed by atoms with E-state index in [2.05, 4.69) is 9.88 Å². The largest absolute Gasteiger partial charge is 0.491 e. The quantitative estimate of drug-likeness (QED) is 0.785. The maximum absolute atomic E-state index is 11.7. The first-order valence-electron chi connectivity index (χ1n) is 6.67. The predicted molar refractivity (Wildman–Crippen MR) is 77.2 cm³/mol. The van der Waals surface area contributed by atoms with Gasteiger partial charge in [-0.3, -0.25) is 4.79 Å². The Morgan fingerprint density at radius 1 is 1.25 bits per heavy atom. The first-order valence-corrected chi connectivity index (χ1v) is 6.67. The molecule has 0 bridgehead atoms. The fourth-order valence-corrected chi connectivity index (χ4v) is 2.43. The number of fused-ring (bicyclic) bond motifs is 1. The summed E-state index contributed by atoms with van der Waals surface area (Å²) >= 11 is 0. The van der Waals surface area contributed by atoms with Gasteiger partial charge in [0.05, 0.1) is 12.1 Å². The van der Waals surface area contributed by atoms with Gasteiger partial charge in [-0.1, -0.05) is 18.2 Å². The summed E-state index contributed by atoms with van der Waals surface area (Å²) in [5.74, 6) is 1.68. The number of ketones is 1. The van der Waals surface area contributed by atoms with Gasteiger partial charge in [0.1, 0.15) is 18.2 Å². The van der Waals surface area contributed by atoms with Crippen molar-refractivity contribution >= 4 is 11.6 Å². The number of pyridine rings is 1. The van der Waals surface area contributed by atoms with Crippen molar-refractivity contribution in [2.45, 2.75) is 13.5 Å². The second-order valence-corrected chi connectivity index (χ2v) is 4.81. The molecular formula is C16H16N2O2. The highest BCUT2D eigenvalue weighted by Crippen LogP contribution is 2.26. The molecule has 0 N–H and O–H groups in total. The van der Waals surface area contributed by atoms with Gasteiger partial charge in [-0.15, -0.1) is 0 Å². The van der Waals surface area contributed by atoms with Gasteiger partial charge in [0.25, 0.3) is 0 Å². The van der Waals surface area contributed by atoms with Gasteiger partial charge in [0.2, 0.25) is 0 Å². The normalized spacial score (nSPS) is 14.2. The maximum Gasteiger partial charge on any atom is 0.163 e. The molecule has 0 aliphatic carbocycles. The molecule has 0 fully saturated rings. The number of anilines is 1. The average molecular weight is 268 g/mol. The summed E-state index contributed by atoms with van der Waals surface area (Å²) in [5.41, 5.74) is 1.78. The van der Waals surface area contributed by atoms with Gasteiger partial charge in [0, 0.05) is 18.3 Å². The second-order valence-electron chi connectivity index (χ2n) is 4.81. The Balaban J connectivity index is 1.98. The SMILES string of the molecule is CC(=O)c1cccnc1N1CCOc2ccccc2C1. The van der Waals surface area contributed by atoms with E-state index in [1.165, 1.54) is 0 Å². The van der Waals surface area contributed by atoms with Gasteiger partial charge < -0.3 is 9.64 Å². The van der Waals surface area contributed by atoms with Crippen LogP contribution >= 0.6 is 0 Å². The minimum absolute atomic E-state index is 0.0338. The number of benzene rings is 1. The van der Waals surface area contributed by atoms with E-state index in [1.807, 2.05) is 30.3 Å². The van der Waals surface area contributed by atoms with E-state index >= 15 is 0 Å². The minimum Gasteiger partial charge on any atom is -0.491 e. The smallest absolute Gasteiger partial charge is 0.163 e. The van der Waals surface area contributed by atoms with E-state index in [1.54, 1.807) is 19.2 Å². The lowest BCUT2D eigenvalue weighted by molar-refractivity contribution is 0.101. The number of hydrogen-bond donors (Lipinski definition) is 0. The van der Waals surface area contributed by atoms with E-state index in [-0.39, 0.29) is 5.78 Å². The van der Waals surface area contributed by atoms with E-state index in [0.29, 0.717) is 25.3 Å². The first kappa shape index (κ1) is 12.7. The molecule has 0 radical (unpaired) electrons. The molecule has 4 nitrogen and oxygen atoms in total. The van der Waals surface area contributed by atoms with Crippen LogP contribution in [0.4, 0.5) is 5.82 Å². The molecule has 1 aliphatic heterocycles. The third kappa shape index (κ3) is 2.37. The van der Waals surface area contributed by atoms with Gasteiger partial charge in [-0.2, -0.15) is 0 Å². The van der Waals surface area contributed by atoms with Crippen LogP contribution in [0.5, 0.6) is 5.75 Å². The molecule has 0 saturated carbocycles. The molecule has 0 unspecified atom stereocenters. The lowest BCUT2D eigenvalue weighted by Gasteiger charge is -2.22. The van der Waals surface area contributed by atoms with Gasteiger partial charge in [-0.05, 0) is 25.1 Å². The van der Waals surface area contributed by atoms with Gasteiger partial charge in [-0.25, -0.2) is 4.98 Å². The number of carbonyl (C=O) groups excluding carboxylic acids is 1. The van der Waals surface area contributed by atoms with Crippen LogP contribution in [0.1, 0.15) is 22.8 Å². The van der Waals surface area contributed by atoms with Crippen LogP contribution in [0.3, 0.4) is 0 Å². The predicted octanol–water partition coefficient (Wildman–Crippen LogP) is 2.68. The lowest BCUT2D eigenvalue weighted by atomic mass is 10.1. The number of Topliss-reactive ketones (excluding diaryl/α,β-unsaturated/α-hetero) is 1. The van der Waals surface area contributed by atoms with Crippen molar-refractivity contribution < 1.29 is 9.53 Å². The van der Waals surface area contributed by atoms with Crippen LogP contribution < -0.4 is 9.64 Å². The van der Waals surface area contributed by atoms with Crippen LogP contribution in [0.25, 0.3) is 0 Å². The summed E-state index contributed by atoms with van der Waals surface area (Å²) in [6.45, 7) is 3.58. The minimum atomic E-state index is 0.0338. The summed E-state index contributed by atoms with van der Waals surface area (Å²) in [5, 5.41) is 0. The molecule has 20 heavy (non-hydrogen) atoms. The Bertz CT molecular complexity index is 640. The van der Waals surface area contributed by atoms with Gasteiger partial charge >= 0.3 is 0 Å². The number of ether oxygens (including phenoxy) is 1. The van der Waals surface area contributed by atoms with Crippen molar-refractivity contribution in [3.05, 3.63) is 53.7 Å². The summed E-state index contributed by atoms with van der Waals surface area (Å²) < 4.78 is 5.75. The molecule has 0 saturated heterocycles. The van der Waals surface area contributed by atoms with Crippen molar-refractivity contribution in [2.75, 3.05) is 18.1 Å². The zero-order chi connectivity index (χ0) is 13.9. The summed E-state index contributed by atoms with van der Waals surface area (Å²) in [7, 11) is 0. The van der Waals surface area contributed by atoms with Crippen LogP contribution in [-0.4, -0.2) is 23.9 Å². The average Bonchev–Trinajstić information content (AvgIpc) is 2.69. The maximum atomic E-state index is 11.7. The Morgan fingerprint density at radius 3 is 2.95 bits per heavy atom. The Kier molecular flexibility index (Phi) is 3.37. The van der Waals surface area contributed by atoms with Crippen LogP contribution in [0.2, 0.25) is 0 Å². The fourth-order valence-electron chi connectivity index (χ4n) is 2.43. The molecule has 2 heterocycles. The van der Waals surface area contributed by atoms with Crippen molar-refractivity contribution in [1.29, 1.82) is 0 Å².